The van der Waals surface area contributed by atoms with E-state index >= 15 is 0 Å². The van der Waals surface area contributed by atoms with E-state index in [2.05, 4.69) is 16.9 Å². The third-order valence-corrected chi connectivity index (χ3v) is 3.38. The number of alkyl halides is 1. The Morgan fingerprint density at radius 1 is 1.36 bits per heavy atom. The molecule has 0 radical (unpaired) electrons. The summed E-state index contributed by atoms with van der Waals surface area (Å²) in [6.07, 6.45) is 7.56. The normalized spacial score (nSPS) is 26.7. The van der Waals surface area contributed by atoms with Gasteiger partial charge in [-0.2, -0.15) is 0 Å². The van der Waals surface area contributed by atoms with E-state index in [0.717, 1.165) is 17.3 Å². The third-order valence-electron chi connectivity index (χ3n) is 3.07. The van der Waals surface area contributed by atoms with Gasteiger partial charge in [0.2, 0.25) is 0 Å². The summed E-state index contributed by atoms with van der Waals surface area (Å²) in [5, 5.41) is 0. The molecular weight excluding hydrogens is 196 g/mol. The minimum atomic E-state index is 0.500. The molecule has 76 valence electrons. The van der Waals surface area contributed by atoms with Crippen LogP contribution in [0.25, 0.3) is 0 Å². The first-order valence-electron chi connectivity index (χ1n) is 5.18. The first kappa shape index (κ1) is 9.91. The molecule has 0 saturated heterocycles. The Morgan fingerprint density at radius 3 is 2.57 bits per heavy atom. The summed E-state index contributed by atoms with van der Waals surface area (Å²) in [7, 11) is 0. The van der Waals surface area contributed by atoms with E-state index in [1.54, 1.807) is 0 Å². The smallest absolute Gasteiger partial charge is 0.131 e. The van der Waals surface area contributed by atoms with Crippen molar-refractivity contribution < 1.29 is 0 Å². The molecular formula is C11H15ClN2. The van der Waals surface area contributed by atoms with Crippen LogP contribution in [0, 0.1) is 5.92 Å². The maximum atomic E-state index is 5.69. The van der Waals surface area contributed by atoms with Gasteiger partial charge in [-0.25, -0.2) is 9.97 Å². The van der Waals surface area contributed by atoms with Crippen LogP contribution in [0.15, 0.2) is 12.4 Å². The van der Waals surface area contributed by atoms with Gasteiger partial charge in [0.05, 0.1) is 5.88 Å². The lowest BCUT2D eigenvalue weighted by atomic mass is 9.97. The summed E-state index contributed by atoms with van der Waals surface area (Å²) in [6.45, 7) is 2.29. The molecule has 0 aromatic carbocycles. The average molecular weight is 211 g/mol. The molecule has 2 nitrogen and oxygen atoms in total. The second kappa shape index (κ2) is 4.26. The molecule has 0 bridgehead atoms. The maximum absolute atomic E-state index is 5.69. The summed E-state index contributed by atoms with van der Waals surface area (Å²) in [5.41, 5.74) is 1.00. The van der Waals surface area contributed by atoms with Gasteiger partial charge >= 0.3 is 0 Å². The highest BCUT2D eigenvalue weighted by Gasteiger charge is 2.26. The minimum absolute atomic E-state index is 0.500. The van der Waals surface area contributed by atoms with Crippen molar-refractivity contribution in [1.29, 1.82) is 0 Å². The first-order chi connectivity index (χ1) is 6.81. The maximum Gasteiger partial charge on any atom is 0.131 e. The number of hydrogen-bond donors (Lipinski definition) is 0. The average Bonchev–Trinajstić information content (AvgIpc) is 2.65. The summed E-state index contributed by atoms with van der Waals surface area (Å²) in [6, 6.07) is 0. The molecule has 1 fully saturated rings. The zero-order valence-electron chi connectivity index (χ0n) is 8.41. The van der Waals surface area contributed by atoms with Gasteiger partial charge < -0.3 is 0 Å². The Labute approximate surface area is 89.7 Å². The predicted octanol–water partition coefficient (Wildman–Crippen LogP) is 3.12. The molecule has 1 aromatic rings. The van der Waals surface area contributed by atoms with Crippen LogP contribution in [0.1, 0.15) is 43.5 Å². The van der Waals surface area contributed by atoms with E-state index in [0.29, 0.717) is 11.8 Å². The monoisotopic (exact) mass is 210 g/mol. The Kier molecular flexibility index (Phi) is 3.02. The molecule has 2 atom stereocenters. The van der Waals surface area contributed by atoms with Gasteiger partial charge in [-0.3, -0.25) is 0 Å². The van der Waals surface area contributed by atoms with E-state index in [4.69, 9.17) is 11.6 Å². The minimum Gasteiger partial charge on any atom is -0.241 e. The van der Waals surface area contributed by atoms with Crippen LogP contribution < -0.4 is 0 Å². The quantitative estimate of drug-likeness (QED) is 0.701. The zero-order chi connectivity index (χ0) is 9.97. The summed E-state index contributed by atoms with van der Waals surface area (Å²) < 4.78 is 0. The van der Waals surface area contributed by atoms with Crippen LogP contribution in [-0.4, -0.2) is 9.97 Å². The molecule has 2 unspecified atom stereocenters. The van der Waals surface area contributed by atoms with Crippen LogP contribution in [-0.2, 0) is 5.88 Å². The van der Waals surface area contributed by atoms with Gasteiger partial charge in [0.1, 0.15) is 5.82 Å². The van der Waals surface area contributed by atoms with Crippen molar-refractivity contribution >= 4 is 11.6 Å². The van der Waals surface area contributed by atoms with Crippen molar-refractivity contribution in [2.24, 2.45) is 5.92 Å². The second-order valence-corrected chi connectivity index (χ2v) is 4.37. The van der Waals surface area contributed by atoms with Crippen molar-refractivity contribution in [2.45, 2.75) is 38.0 Å². The molecule has 14 heavy (non-hydrogen) atoms. The molecule has 0 aliphatic heterocycles. The predicted molar refractivity (Wildman–Crippen MR) is 57.3 cm³/mol. The summed E-state index contributed by atoms with van der Waals surface area (Å²) in [4.78, 5) is 8.77. The number of hydrogen-bond acceptors (Lipinski definition) is 2. The molecule has 1 aromatic heterocycles. The topological polar surface area (TPSA) is 25.8 Å². The Morgan fingerprint density at radius 2 is 2.07 bits per heavy atom. The molecule has 2 rings (SSSR count). The van der Waals surface area contributed by atoms with Crippen molar-refractivity contribution in [3.8, 4) is 0 Å². The van der Waals surface area contributed by atoms with Crippen LogP contribution in [0.3, 0.4) is 0 Å². The standard InChI is InChI=1S/C11H15ClN2/c1-8-3-2-4-10(8)11-13-6-9(5-12)7-14-11/h6-8,10H,2-5H2,1H3. The second-order valence-electron chi connectivity index (χ2n) is 4.10. The van der Waals surface area contributed by atoms with Gasteiger partial charge in [-0.15, -0.1) is 11.6 Å². The van der Waals surface area contributed by atoms with Crippen molar-refractivity contribution in [2.75, 3.05) is 0 Å². The molecule has 3 heteroatoms. The lowest BCUT2D eigenvalue weighted by Crippen LogP contribution is -2.07. The SMILES string of the molecule is CC1CCCC1c1ncc(CCl)cn1. The van der Waals surface area contributed by atoms with Gasteiger partial charge in [-0.05, 0) is 18.8 Å². The largest absolute Gasteiger partial charge is 0.241 e. The van der Waals surface area contributed by atoms with Crippen molar-refractivity contribution in [3.63, 3.8) is 0 Å². The highest BCUT2D eigenvalue weighted by atomic mass is 35.5. The Bertz CT molecular complexity index is 297. The first-order valence-corrected chi connectivity index (χ1v) is 5.71. The van der Waals surface area contributed by atoms with Crippen molar-refractivity contribution in [1.82, 2.24) is 9.97 Å². The van der Waals surface area contributed by atoms with Crippen LogP contribution in [0.5, 0.6) is 0 Å². The Balaban J connectivity index is 2.16. The molecule has 0 spiro atoms. The van der Waals surface area contributed by atoms with Crippen LogP contribution in [0.4, 0.5) is 0 Å². The molecule has 1 aliphatic rings. The van der Waals surface area contributed by atoms with Crippen LogP contribution >= 0.6 is 11.6 Å². The number of aromatic nitrogens is 2. The fraction of sp³-hybridized carbons (Fsp3) is 0.636. The van der Waals surface area contributed by atoms with E-state index in [9.17, 15) is 0 Å². The molecule has 0 N–H and O–H groups in total. The Hall–Kier alpha value is -0.630. The molecule has 1 heterocycles. The highest BCUT2D eigenvalue weighted by Crippen LogP contribution is 2.37. The van der Waals surface area contributed by atoms with Gasteiger partial charge in [0.15, 0.2) is 0 Å². The molecule has 1 saturated carbocycles. The van der Waals surface area contributed by atoms with E-state index in [1.165, 1.54) is 19.3 Å². The fourth-order valence-corrected chi connectivity index (χ4v) is 2.29. The highest BCUT2D eigenvalue weighted by molar-refractivity contribution is 6.17. The summed E-state index contributed by atoms with van der Waals surface area (Å²) in [5.74, 6) is 2.81. The lowest BCUT2D eigenvalue weighted by Gasteiger charge is -2.13. The zero-order valence-corrected chi connectivity index (χ0v) is 9.17. The molecule has 0 amide bonds. The number of nitrogens with zero attached hydrogens (tertiary/aromatic N) is 2. The van der Waals surface area contributed by atoms with E-state index in [1.807, 2.05) is 12.4 Å². The van der Waals surface area contributed by atoms with Crippen molar-refractivity contribution in [3.05, 3.63) is 23.8 Å². The lowest BCUT2D eigenvalue weighted by molar-refractivity contribution is 0.509. The van der Waals surface area contributed by atoms with Gasteiger partial charge in [-0.1, -0.05) is 13.3 Å². The van der Waals surface area contributed by atoms with E-state index in [-0.39, 0.29) is 0 Å². The van der Waals surface area contributed by atoms with E-state index < -0.39 is 0 Å². The number of rotatable bonds is 2. The van der Waals surface area contributed by atoms with Gasteiger partial charge in [0.25, 0.3) is 0 Å². The summed E-state index contributed by atoms with van der Waals surface area (Å²) >= 11 is 5.69. The fourth-order valence-electron chi connectivity index (χ4n) is 2.15. The van der Waals surface area contributed by atoms with Gasteiger partial charge in [0, 0.05) is 23.9 Å². The molecule has 1 aliphatic carbocycles. The number of halogens is 1. The van der Waals surface area contributed by atoms with Crippen LogP contribution in [0.2, 0.25) is 0 Å². The third kappa shape index (κ3) is 1.90.